The van der Waals surface area contributed by atoms with E-state index in [1.165, 1.54) is 21.3 Å². The largest absolute Gasteiger partial charge is 4.00 e. The van der Waals surface area contributed by atoms with E-state index in [2.05, 4.69) is 49.5 Å². The molecule has 0 saturated carbocycles. The van der Waals surface area contributed by atoms with Crippen LogP contribution in [-0.2, 0) is 71.6 Å². The van der Waals surface area contributed by atoms with E-state index < -0.39 is 22.2 Å². The molecule has 0 bridgehead atoms. The molecule has 0 N–H and O–H groups in total. The standard InChI is InChI=1S/C8H8S2.C6H6S2.C4H2F6S2.Mo/c1-2-4-8-7(3-1)9-5-6-10-8;7-5-3-1-2-4-6(5)8;5-3(6,7)1(11)2(12)4(8,9)10;/h1-4H,5-6H2;1-4,7-8H;11-12H;/q;;;+4/p-4/b;;2-1-;. The average Bonchev–Trinajstić information content (AvgIpc) is 2.69. The molecule has 0 unspecified atom stereocenters. The Morgan fingerprint density at radius 3 is 1.19 bits per heavy atom. The molecule has 0 fully saturated rings. The predicted octanol–water partition coefficient (Wildman–Crippen LogP) is 6.80. The van der Waals surface area contributed by atoms with E-state index in [9.17, 15) is 26.3 Å². The summed E-state index contributed by atoms with van der Waals surface area (Å²) in [5, 5.41) is 0. The maximum absolute atomic E-state index is 11.5. The summed E-state index contributed by atoms with van der Waals surface area (Å²) in [5.41, 5.74) is 0. The number of alkyl halides is 6. The number of halogens is 6. The minimum atomic E-state index is -5.19. The third kappa shape index (κ3) is 11.6. The van der Waals surface area contributed by atoms with Gasteiger partial charge in [-0.1, -0.05) is 36.4 Å². The summed E-state index contributed by atoms with van der Waals surface area (Å²) in [7, 11) is 0. The summed E-state index contributed by atoms with van der Waals surface area (Å²) in [6, 6.07) is 16.1. The molecule has 1 heterocycles. The molecule has 2 aromatic carbocycles. The van der Waals surface area contributed by atoms with Gasteiger partial charge in [-0.2, -0.15) is 36.1 Å². The minimum Gasteiger partial charge on any atom is -0.781 e. The smallest absolute Gasteiger partial charge is 0.781 e. The van der Waals surface area contributed by atoms with E-state index in [1.807, 2.05) is 47.8 Å². The summed E-state index contributed by atoms with van der Waals surface area (Å²) in [6.07, 6.45) is -10.4. The van der Waals surface area contributed by atoms with Gasteiger partial charge in [0.2, 0.25) is 0 Å². The van der Waals surface area contributed by atoms with Crippen molar-refractivity contribution in [3.8, 4) is 0 Å². The van der Waals surface area contributed by atoms with Crippen LogP contribution in [0, 0.1) is 0 Å². The van der Waals surface area contributed by atoms with E-state index >= 15 is 0 Å². The van der Waals surface area contributed by atoms with Crippen LogP contribution in [0.15, 0.2) is 77.9 Å². The number of rotatable bonds is 0. The van der Waals surface area contributed by atoms with Crippen molar-refractivity contribution in [3.05, 3.63) is 58.3 Å². The Balaban J connectivity index is 0.000000435. The molecule has 168 valence electrons. The molecule has 0 aliphatic carbocycles. The summed E-state index contributed by atoms with van der Waals surface area (Å²) in [6.45, 7) is 0. The Morgan fingerprint density at radius 1 is 0.645 bits per heavy atom. The Bertz CT molecular complexity index is 786. The van der Waals surface area contributed by atoms with Gasteiger partial charge in [-0.3, -0.25) is 0 Å². The normalized spacial score (nSPS) is 13.7. The molecule has 0 nitrogen and oxygen atoms in total. The zero-order valence-electron chi connectivity index (χ0n) is 15.2. The molecule has 3 rings (SSSR count). The van der Waals surface area contributed by atoms with Crippen molar-refractivity contribution in [2.24, 2.45) is 0 Å². The monoisotopic (exact) mass is 632 g/mol. The molecule has 0 aromatic heterocycles. The minimum absolute atomic E-state index is 0. The van der Waals surface area contributed by atoms with Crippen LogP contribution >= 0.6 is 23.5 Å². The summed E-state index contributed by atoms with van der Waals surface area (Å²) in [5.74, 6) is 2.53. The topological polar surface area (TPSA) is 0 Å². The Labute approximate surface area is 221 Å². The van der Waals surface area contributed by atoms with Gasteiger partial charge in [0.05, 0.1) is 0 Å². The number of benzene rings is 2. The molecule has 0 amide bonds. The number of allylic oxidation sites excluding steroid dienone is 2. The van der Waals surface area contributed by atoms with Crippen LogP contribution in [0.1, 0.15) is 0 Å². The SMILES string of the molecule is FC(F)(F)/C([S-])=C(/[S-])C(F)(F)F.[Mo+4].[S-]c1ccccc1[S-].c1ccc2c(c1)SCCS2. The van der Waals surface area contributed by atoms with Gasteiger partial charge in [0, 0.05) is 21.3 Å². The number of hydrogen-bond donors (Lipinski definition) is 0. The first-order chi connectivity index (χ1) is 13.8. The van der Waals surface area contributed by atoms with Crippen LogP contribution in [0.2, 0.25) is 0 Å². The molecule has 31 heavy (non-hydrogen) atoms. The van der Waals surface area contributed by atoms with Gasteiger partial charge in [-0.05, 0) is 12.1 Å². The van der Waals surface area contributed by atoms with Crippen LogP contribution in [0.4, 0.5) is 26.3 Å². The molecular weight excluding hydrogens is 619 g/mol. The molecule has 1 aliphatic heterocycles. The third-order valence-corrected chi connectivity index (χ3v) is 7.40. The summed E-state index contributed by atoms with van der Waals surface area (Å²) >= 11 is 20.6. The van der Waals surface area contributed by atoms with Crippen LogP contribution in [-0.4, -0.2) is 23.9 Å². The Kier molecular flexibility index (Phi) is 14.3. The molecule has 2 aromatic rings. The van der Waals surface area contributed by atoms with E-state index in [4.69, 9.17) is 25.3 Å². The van der Waals surface area contributed by atoms with Crippen LogP contribution in [0.3, 0.4) is 0 Å². The summed E-state index contributed by atoms with van der Waals surface area (Å²) in [4.78, 5) is 0.0394. The molecule has 0 atom stereocenters. The Morgan fingerprint density at radius 2 is 0.935 bits per heavy atom. The van der Waals surface area contributed by atoms with E-state index in [-0.39, 0.29) is 21.1 Å². The maximum Gasteiger partial charge on any atom is 4.00 e. The van der Waals surface area contributed by atoms with Gasteiger partial charge in [-0.15, -0.1) is 33.3 Å². The Hall–Kier alpha value is 0.0283. The van der Waals surface area contributed by atoms with E-state index in [1.54, 1.807) is 0 Å². The summed E-state index contributed by atoms with van der Waals surface area (Å²) < 4.78 is 69.0. The van der Waals surface area contributed by atoms with Gasteiger partial charge in [0.25, 0.3) is 0 Å². The van der Waals surface area contributed by atoms with Gasteiger partial charge < -0.3 is 50.5 Å². The first kappa shape index (κ1) is 31.0. The van der Waals surface area contributed by atoms with Crippen molar-refractivity contribution in [2.45, 2.75) is 31.9 Å². The molecule has 13 heteroatoms. The first-order valence-electron chi connectivity index (χ1n) is 7.84. The number of thioether (sulfide) groups is 2. The second-order valence-electron chi connectivity index (χ2n) is 5.24. The van der Waals surface area contributed by atoms with Crippen molar-refractivity contribution in [1.29, 1.82) is 0 Å². The van der Waals surface area contributed by atoms with Crippen molar-refractivity contribution < 1.29 is 47.4 Å². The maximum atomic E-state index is 11.5. The second kappa shape index (κ2) is 14.3. The molecule has 0 spiro atoms. The van der Waals surface area contributed by atoms with Crippen LogP contribution < -0.4 is 0 Å². The molecule has 0 saturated heterocycles. The first-order valence-corrected chi connectivity index (χ1v) is 11.4. The van der Waals surface area contributed by atoms with Crippen molar-refractivity contribution in [3.63, 3.8) is 0 Å². The van der Waals surface area contributed by atoms with Crippen molar-refractivity contribution >= 4 is 74.0 Å². The second-order valence-corrected chi connectivity index (χ2v) is 9.21. The van der Waals surface area contributed by atoms with Gasteiger partial charge in [0.1, 0.15) is 0 Å². The quantitative estimate of drug-likeness (QED) is 0.177. The van der Waals surface area contributed by atoms with Crippen molar-refractivity contribution in [1.82, 2.24) is 0 Å². The van der Waals surface area contributed by atoms with Crippen molar-refractivity contribution in [2.75, 3.05) is 11.5 Å². The zero-order valence-corrected chi connectivity index (χ0v) is 22.1. The van der Waals surface area contributed by atoms with Gasteiger partial charge in [0.15, 0.2) is 0 Å². The van der Waals surface area contributed by atoms with Crippen LogP contribution in [0.25, 0.3) is 0 Å². The average molecular weight is 631 g/mol. The molecular formula is C18H12F6MoS6. The fourth-order valence-corrected chi connectivity index (χ4v) is 4.45. The zero-order chi connectivity index (χ0) is 22.9. The fraction of sp³-hybridized carbons (Fsp3) is 0.222. The number of hydrogen-bond acceptors (Lipinski definition) is 6. The van der Waals surface area contributed by atoms with E-state index in [0.29, 0.717) is 0 Å². The number of fused-ring (bicyclic) bond motifs is 1. The fourth-order valence-electron chi connectivity index (χ4n) is 1.70. The predicted molar refractivity (Wildman–Crippen MR) is 119 cm³/mol. The van der Waals surface area contributed by atoms with Crippen LogP contribution in [0.5, 0.6) is 0 Å². The molecule has 1 aliphatic rings. The van der Waals surface area contributed by atoms with E-state index in [0.717, 1.165) is 9.79 Å². The van der Waals surface area contributed by atoms with Gasteiger partial charge >= 0.3 is 33.4 Å². The molecule has 0 radical (unpaired) electrons. The third-order valence-electron chi connectivity index (χ3n) is 3.02. The van der Waals surface area contributed by atoms with Gasteiger partial charge in [-0.25, -0.2) is 0 Å².